The van der Waals surface area contributed by atoms with Crippen molar-refractivity contribution >= 4 is 56.3 Å². The predicted molar refractivity (Wildman–Crippen MR) is 108 cm³/mol. The van der Waals surface area contributed by atoms with E-state index in [4.69, 9.17) is 11.6 Å². The van der Waals surface area contributed by atoms with Crippen LogP contribution < -0.4 is 5.32 Å². The van der Waals surface area contributed by atoms with E-state index in [-0.39, 0.29) is 0 Å². The monoisotopic (exact) mass is 496 g/mol. The zero-order chi connectivity index (χ0) is 17.9. The van der Waals surface area contributed by atoms with Crippen molar-refractivity contribution in [1.29, 1.82) is 0 Å². The van der Waals surface area contributed by atoms with Crippen LogP contribution in [0.2, 0.25) is 0 Å². The molecular formula is C17H13ClF3IN2S. The molecule has 0 bridgehead atoms. The molecule has 0 spiro atoms. The van der Waals surface area contributed by atoms with Crippen LogP contribution in [0.15, 0.2) is 53.7 Å². The van der Waals surface area contributed by atoms with E-state index in [0.717, 1.165) is 27.1 Å². The maximum absolute atomic E-state index is 12.9. The number of allylic oxidation sites excluding steroid dienone is 1. The van der Waals surface area contributed by atoms with Gasteiger partial charge in [-0.25, -0.2) is 0 Å². The number of hydrogen-bond donors (Lipinski definition) is 1. The summed E-state index contributed by atoms with van der Waals surface area (Å²) in [5.74, 6) is 0.507. The van der Waals surface area contributed by atoms with Gasteiger partial charge in [-0.3, -0.25) is 4.98 Å². The second-order valence-corrected chi connectivity index (χ2v) is 10.0. The smallest absolute Gasteiger partial charge is 0.345 e. The summed E-state index contributed by atoms with van der Waals surface area (Å²) in [5, 5.41) is 3.16. The van der Waals surface area contributed by atoms with E-state index in [1.54, 1.807) is 24.0 Å². The molecule has 3 rings (SSSR count). The quantitative estimate of drug-likeness (QED) is 0.388. The van der Waals surface area contributed by atoms with Crippen LogP contribution in [0.3, 0.4) is 0 Å². The Balaban J connectivity index is 1.84. The van der Waals surface area contributed by atoms with Crippen LogP contribution in [0.1, 0.15) is 17.5 Å². The molecule has 2 heterocycles. The molecular weight excluding hydrogens is 484 g/mol. The number of aromatic nitrogens is 1. The predicted octanol–water partition coefficient (Wildman–Crippen LogP) is 6.31. The molecule has 1 N–H and O–H groups in total. The van der Waals surface area contributed by atoms with Crippen molar-refractivity contribution in [2.75, 3.05) is 11.2 Å². The lowest BCUT2D eigenvalue weighted by Gasteiger charge is -2.11. The summed E-state index contributed by atoms with van der Waals surface area (Å²) < 4.78 is 40.8. The molecule has 1 aromatic carbocycles. The second-order valence-electron chi connectivity index (χ2n) is 5.09. The standard InChI is InChI=1S/C17H13ClF3IN2S/c18-7-6-14-15(11-3-2-8-23-10-11)22-16(25-14)24-13-5-1-4-12(9-13)17(19,20)21/h1-5,8-10,24H,6-7H2. The highest BCUT2D eigenvalue weighted by atomic mass is 127. The average Bonchev–Trinajstić information content (AvgIpc) is 2.98. The molecule has 1 aromatic heterocycles. The minimum absolute atomic E-state index is 0.453. The summed E-state index contributed by atoms with van der Waals surface area (Å²) in [4.78, 5) is 5.33. The number of halogens is 5. The minimum atomic E-state index is -4.34. The van der Waals surface area contributed by atoms with Gasteiger partial charge in [-0.2, -0.15) is 13.2 Å². The summed E-state index contributed by atoms with van der Waals surface area (Å²) in [5.41, 5.74) is 0.860. The Morgan fingerprint density at radius 2 is 2.04 bits per heavy atom. The van der Waals surface area contributed by atoms with Gasteiger partial charge in [-0.1, -0.05) is 23.9 Å². The lowest BCUT2D eigenvalue weighted by atomic mass is 10.2. The molecule has 0 aliphatic carbocycles. The zero-order valence-electron chi connectivity index (χ0n) is 12.8. The number of hydrogen-bond acceptors (Lipinski definition) is 3. The maximum atomic E-state index is 12.9. The average molecular weight is 497 g/mol. The number of benzene rings is 1. The molecule has 132 valence electrons. The first-order chi connectivity index (χ1) is 12.0. The summed E-state index contributed by atoms with van der Waals surface area (Å²) in [6, 6.07) is 9.16. The van der Waals surface area contributed by atoms with E-state index in [1.165, 1.54) is 14.6 Å². The van der Waals surface area contributed by atoms with Crippen LogP contribution >= 0.6 is 44.1 Å². The number of alkyl halides is 4. The van der Waals surface area contributed by atoms with Crippen LogP contribution in [0.4, 0.5) is 18.9 Å². The normalized spacial score (nSPS) is 15.0. The van der Waals surface area contributed by atoms with E-state index in [0.29, 0.717) is 11.6 Å². The van der Waals surface area contributed by atoms with E-state index < -0.39 is 32.5 Å². The summed E-state index contributed by atoms with van der Waals surface area (Å²) in [7, 11) is 0. The van der Waals surface area contributed by atoms with Crippen molar-refractivity contribution in [3.63, 3.8) is 0 Å². The lowest BCUT2D eigenvalue weighted by molar-refractivity contribution is -0.137. The highest BCUT2D eigenvalue weighted by Gasteiger charge is 2.30. The van der Waals surface area contributed by atoms with Crippen LogP contribution in [-0.2, 0) is 6.18 Å². The van der Waals surface area contributed by atoms with Gasteiger partial charge in [0.1, 0.15) is 2.96 Å². The van der Waals surface area contributed by atoms with Crippen LogP contribution in [-0.4, -0.2) is 13.8 Å². The number of thioether (sulfide) groups is 1. The van der Waals surface area contributed by atoms with E-state index in [1.807, 2.05) is 18.3 Å². The van der Waals surface area contributed by atoms with Crippen LogP contribution in [0.5, 0.6) is 0 Å². The Kier molecular flexibility index (Phi) is 6.06. The van der Waals surface area contributed by atoms with Crippen molar-refractivity contribution in [3.8, 4) is 0 Å². The molecule has 0 atom stereocenters. The number of nitrogens with zero attached hydrogens (tertiary/aromatic N) is 1. The molecule has 2 nitrogen and oxygen atoms in total. The molecule has 1 aliphatic rings. The van der Waals surface area contributed by atoms with E-state index in [2.05, 4.69) is 10.3 Å². The van der Waals surface area contributed by atoms with Gasteiger partial charge in [0.15, 0.2) is 0 Å². The molecule has 0 saturated carbocycles. The van der Waals surface area contributed by atoms with Crippen LogP contribution in [0.25, 0.3) is 3.58 Å². The molecule has 0 amide bonds. The molecule has 0 radical (unpaired) electrons. The third kappa shape index (κ3) is 4.77. The van der Waals surface area contributed by atoms with Gasteiger partial charge < -0.3 is 5.32 Å². The molecule has 0 unspecified atom stereocenters. The van der Waals surface area contributed by atoms with Crippen molar-refractivity contribution in [3.05, 3.63) is 64.8 Å². The zero-order valence-corrected chi connectivity index (χ0v) is 16.5. The summed E-state index contributed by atoms with van der Waals surface area (Å²) in [6.45, 7) is 0. The molecule has 8 heteroatoms. The Labute approximate surface area is 162 Å². The fourth-order valence-electron chi connectivity index (χ4n) is 2.20. The Hall–Kier alpha value is -1.06. The number of anilines is 1. The van der Waals surface area contributed by atoms with Gasteiger partial charge in [0.05, 0.1) is 5.56 Å². The topological polar surface area (TPSA) is 24.9 Å². The van der Waals surface area contributed by atoms with Crippen LogP contribution in [0, 0.1) is 0 Å². The lowest BCUT2D eigenvalue weighted by Crippen LogP contribution is -2.08. The first-order valence-electron chi connectivity index (χ1n) is 7.31. The van der Waals surface area contributed by atoms with Crippen molar-refractivity contribution in [1.82, 2.24) is 4.98 Å². The Morgan fingerprint density at radius 1 is 1.20 bits per heavy atom. The number of nitrogens with one attached hydrogen (secondary N) is 1. The van der Waals surface area contributed by atoms with Gasteiger partial charge in [0, 0.05) is 38.0 Å². The van der Waals surface area contributed by atoms with E-state index in [9.17, 15) is 13.2 Å². The van der Waals surface area contributed by atoms with Crippen molar-refractivity contribution in [2.24, 2.45) is 0 Å². The first-order valence-corrected chi connectivity index (χ1v) is 10.8. The fraction of sp³-hybridized carbons (Fsp3) is 0.176. The van der Waals surface area contributed by atoms with Gasteiger partial charge in [0.2, 0.25) is 0 Å². The summed E-state index contributed by atoms with van der Waals surface area (Å²) in [6.07, 6.45) is -0.0681. The SMILES string of the molecule is FC(F)(F)c1cccc(NC2=IC(c3cccnc3)=C(CCCl)S2)c1. The fourth-order valence-corrected chi connectivity index (χ4v) is 7.71. The van der Waals surface area contributed by atoms with Gasteiger partial charge in [-0.15, -0.1) is 11.6 Å². The highest BCUT2D eigenvalue weighted by Crippen LogP contribution is 2.47. The third-order valence-corrected chi connectivity index (χ3v) is 8.55. The van der Waals surface area contributed by atoms with Crippen molar-refractivity contribution < 1.29 is 13.2 Å². The largest absolute Gasteiger partial charge is 0.416 e. The minimum Gasteiger partial charge on any atom is -0.345 e. The van der Waals surface area contributed by atoms with Gasteiger partial charge >= 0.3 is 6.18 Å². The molecule has 0 fully saturated rings. The maximum Gasteiger partial charge on any atom is 0.416 e. The highest BCUT2D eigenvalue weighted by molar-refractivity contribution is 14.2. The first kappa shape index (κ1) is 18.7. The second kappa shape index (κ2) is 8.09. The van der Waals surface area contributed by atoms with Crippen molar-refractivity contribution in [2.45, 2.75) is 12.6 Å². The number of rotatable bonds is 5. The molecule has 2 aromatic rings. The summed E-state index contributed by atoms with van der Waals surface area (Å²) >= 11 is 6.98. The van der Waals surface area contributed by atoms with Gasteiger partial charge in [-0.05, 0) is 51.4 Å². The third-order valence-electron chi connectivity index (χ3n) is 3.31. The molecule has 0 saturated heterocycles. The molecule has 25 heavy (non-hydrogen) atoms. The number of pyridine rings is 1. The van der Waals surface area contributed by atoms with Gasteiger partial charge in [0.25, 0.3) is 0 Å². The molecule has 1 aliphatic heterocycles. The Morgan fingerprint density at radius 3 is 2.72 bits per heavy atom. The Bertz CT molecular complexity index is 822. The van der Waals surface area contributed by atoms with E-state index >= 15 is 0 Å².